The Morgan fingerprint density at radius 1 is 1.13 bits per heavy atom. The van der Waals surface area contributed by atoms with E-state index in [1.807, 2.05) is 47.4 Å². The van der Waals surface area contributed by atoms with Gasteiger partial charge in [-0.3, -0.25) is 4.79 Å². The molecule has 3 nitrogen and oxygen atoms in total. The molecular weight excluding hydrogens is 310 g/mol. The van der Waals surface area contributed by atoms with Crippen LogP contribution >= 0.6 is 11.6 Å². The zero-order valence-electron chi connectivity index (χ0n) is 12.9. The topological polar surface area (TPSA) is 40.5 Å². The molecule has 0 aromatic heterocycles. The number of rotatable bonds is 3. The van der Waals surface area contributed by atoms with Gasteiger partial charge in [0.15, 0.2) is 0 Å². The van der Waals surface area contributed by atoms with Gasteiger partial charge in [-0.2, -0.15) is 0 Å². The van der Waals surface area contributed by atoms with E-state index in [2.05, 4.69) is 0 Å². The van der Waals surface area contributed by atoms with Crippen molar-refractivity contribution in [2.45, 2.75) is 18.9 Å². The van der Waals surface area contributed by atoms with Crippen LogP contribution in [0.4, 0.5) is 0 Å². The summed E-state index contributed by atoms with van der Waals surface area (Å²) in [7, 11) is 0. The summed E-state index contributed by atoms with van der Waals surface area (Å²) in [6, 6.07) is 16.8. The van der Waals surface area contributed by atoms with E-state index in [-0.39, 0.29) is 11.8 Å². The number of hydrogen-bond donors (Lipinski definition) is 1. The lowest BCUT2D eigenvalue weighted by atomic mass is 9.88. The minimum atomic E-state index is -0.543. The normalized spacial score (nSPS) is 19.4. The van der Waals surface area contributed by atoms with Gasteiger partial charge in [-0.1, -0.05) is 54.1 Å². The predicted octanol–water partition coefficient (Wildman–Crippen LogP) is 3.93. The van der Waals surface area contributed by atoms with Gasteiger partial charge in [0.05, 0.1) is 16.7 Å². The average molecular weight is 330 g/mol. The summed E-state index contributed by atoms with van der Waals surface area (Å²) in [6.07, 6.45) is 1.27. The maximum Gasteiger partial charge on any atom is 0.255 e. The van der Waals surface area contributed by atoms with E-state index >= 15 is 0 Å². The fraction of sp³-hybridized carbons (Fsp3) is 0.316. The van der Waals surface area contributed by atoms with Gasteiger partial charge in [0.1, 0.15) is 0 Å². The summed E-state index contributed by atoms with van der Waals surface area (Å²) < 4.78 is 0. The molecular formula is C19H20ClNO2. The number of amides is 1. The average Bonchev–Trinajstić information content (AvgIpc) is 2.62. The summed E-state index contributed by atoms with van der Waals surface area (Å²) >= 11 is 6.14. The molecule has 1 aliphatic heterocycles. The molecule has 1 amide bonds. The third kappa shape index (κ3) is 3.57. The molecule has 1 heterocycles. The van der Waals surface area contributed by atoms with Crippen molar-refractivity contribution in [3.05, 3.63) is 70.7 Å². The van der Waals surface area contributed by atoms with Crippen LogP contribution in [0.15, 0.2) is 54.6 Å². The van der Waals surface area contributed by atoms with Gasteiger partial charge in [0, 0.05) is 19.0 Å². The van der Waals surface area contributed by atoms with E-state index in [0.29, 0.717) is 23.7 Å². The summed E-state index contributed by atoms with van der Waals surface area (Å²) in [4.78, 5) is 14.5. The fourth-order valence-corrected chi connectivity index (χ4v) is 3.40. The van der Waals surface area contributed by atoms with Crippen LogP contribution in [-0.4, -0.2) is 29.0 Å². The SMILES string of the molecule is O=C(c1ccccc1Cl)N1CCCC([C@@H](O)c2ccccc2)C1. The molecule has 0 radical (unpaired) electrons. The molecule has 2 atom stereocenters. The Kier molecular flexibility index (Phi) is 4.99. The molecule has 1 fully saturated rings. The quantitative estimate of drug-likeness (QED) is 0.927. The summed E-state index contributed by atoms with van der Waals surface area (Å²) in [5.74, 6) is -0.00171. The molecule has 0 saturated carbocycles. The number of aliphatic hydroxyl groups is 1. The van der Waals surface area contributed by atoms with Crippen molar-refractivity contribution >= 4 is 17.5 Å². The van der Waals surface area contributed by atoms with E-state index in [4.69, 9.17) is 11.6 Å². The Bertz CT molecular complexity index is 674. The molecule has 1 unspecified atom stereocenters. The smallest absolute Gasteiger partial charge is 0.255 e. The Hall–Kier alpha value is -1.84. The van der Waals surface area contributed by atoms with Crippen molar-refractivity contribution in [2.75, 3.05) is 13.1 Å². The van der Waals surface area contributed by atoms with Crippen LogP contribution in [0.1, 0.15) is 34.9 Å². The Balaban J connectivity index is 1.73. The van der Waals surface area contributed by atoms with Crippen molar-refractivity contribution < 1.29 is 9.90 Å². The van der Waals surface area contributed by atoms with Crippen LogP contribution in [-0.2, 0) is 0 Å². The highest BCUT2D eigenvalue weighted by Crippen LogP contribution is 2.30. The van der Waals surface area contributed by atoms with Crippen molar-refractivity contribution in [1.29, 1.82) is 0 Å². The van der Waals surface area contributed by atoms with E-state index in [9.17, 15) is 9.90 Å². The van der Waals surface area contributed by atoms with Crippen LogP contribution in [0.25, 0.3) is 0 Å². The molecule has 2 aromatic carbocycles. The second-order valence-electron chi connectivity index (χ2n) is 5.99. The molecule has 1 N–H and O–H groups in total. The Labute approximate surface area is 141 Å². The van der Waals surface area contributed by atoms with Crippen LogP contribution in [0.5, 0.6) is 0 Å². The molecule has 0 spiro atoms. The van der Waals surface area contributed by atoms with Crippen LogP contribution in [0, 0.1) is 5.92 Å². The Morgan fingerprint density at radius 2 is 1.83 bits per heavy atom. The zero-order valence-corrected chi connectivity index (χ0v) is 13.6. The van der Waals surface area contributed by atoms with Crippen LogP contribution < -0.4 is 0 Å². The number of halogens is 1. The first kappa shape index (κ1) is 16.0. The zero-order chi connectivity index (χ0) is 16.2. The number of nitrogens with zero attached hydrogens (tertiary/aromatic N) is 1. The van der Waals surface area contributed by atoms with Crippen molar-refractivity contribution in [3.63, 3.8) is 0 Å². The van der Waals surface area contributed by atoms with Gasteiger partial charge in [-0.05, 0) is 30.5 Å². The van der Waals surface area contributed by atoms with Crippen LogP contribution in [0.3, 0.4) is 0 Å². The fourth-order valence-electron chi connectivity index (χ4n) is 3.18. The predicted molar refractivity (Wildman–Crippen MR) is 91.5 cm³/mol. The summed E-state index contributed by atoms with van der Waals surface area (Å²) in [5.41, 5.74) is 1.44. The van der Waals surface area contributed by atoms with Crippen LogP contribution in [0.2, 0.25) is 5.02 Å². The second-order valence-corrected chi connectivity index (χ2v) is 6.40. The largest absolute Gasteiger partial charge is 0.388 e. The van der Waals surface area contributed by atoms with Gasteiger partial charge >= 0.3 is 0 Å². The monoisotopic (exact) mass is 329 g/mol. The van der Waals surface area contributed by atoms with E-state index in [1.165, 1.54) is 0 Å². The maximum absolute atomic E-state index is 12.7. The summed E-state index contributed by atoms with van der Waals surface area (Å²) in [6.45, 7) is 1.27. The first-order valence-electron chi connectivity index (χ1n) is 7.93. The highest BCUT2D eigenvalue weighted by atomic mass is 35.5. The highest BCUT2D eigenvalue weighted by molar-refractivity contribution is 6.33. The standard InChI is InChI=1S/C19H20ClNO2/c20-17-11-5-4-10-16(17)19(23)21-12-6-9-15(13-21)18(22)14-7-2-1-3-8-14/h1-5,7-8,10-11,15,18,22H,6,9,12-13H2/t15?,18-/m0/s1. The molecule has 3 rings (SSSR count). The lowest BCUT2D eigenvalue weighted by molar-refractivity contribution is 0.0401. The van der Waals surface area contributed by atoms with Gasteiger partial charge in [-0.25, -0.2) is 0 Å². The molecule has 23 heavy (non-hydrogen) atoms. The number of piperidine rings is 1. The third-order valence-electron chi connectivity index (χ3n) is 4.44. The first-order chi connectivity index (χ1) is 11.2. The molecule has 1 aliphatic rings. The minimum Gasteiger partial charge on any atom is -0.388 e. The van der Waals surface area contributed by atoms with E-state index in [0.717, 1.165) is 18.4 Å². The van der Waals surface area contributed by atoms with Gasteiger partial charge in [0.25, 0.3) is 5.91 Å². The van der Waals surface area contributed by atoms with Crippen molar-refractivity contribution in [3.8, 4) is 0 Å². The summed E-state index contributed by atoms with van der Waals surface area (Å²) in [5, 5.41) is 11.1. The minimum absolute atomic E-state index is 0.0533. The molecule has 1 saturated heterocycles. The second kappa shape index (κ2) is 7.16. The Morgan fingerprint density at radius 3 is 2.57 bits per heavy atom. The number of carbonyl (C=O) groups is 1. The number of benzene rings is 2. The third-order valence-corrected chi connectivity index (χ3v) is 4.77. The maximum atomic E-state index is 12.7. The number of aliphatic hydroxyl groups excluding tert-OH is 1. The molecule has 4 heteroatoms. The lowest BCUT2D eigenvalue weighted by Gasteiger charge is -2.35. The number of likely N-dealkylation sites (tertiary alicyclic amines) is 1. The van der Waals surface area contributed by atoms with E-state index < -0.39 is 6.10 Å². The molecule has 0 bridgehead atoms. The van der Waals surface area contributed by atoms with Gasteiger partial charge in [-0.15, -0.1) is 0 Å². The van der Waals surface area contributed by atoms with Crippen molar-refractivity contribution in [2.24, 2.45) is 5.92 Å². The van der Waals surface area contributed by atoms with Gasteiger partial charge in [0.2, 0.25) is 0 Å². The van der Waals surface area contributed by atoms with Crippen molar-refractivity contribution in [1.82, 2.24) is 4.90 Å². The van der Waals surface area contributed by atoms with E-state index in [1.54, 1.807) is 12.1 Å². The highest BCUT2D eigenvalue weighted by Gasteiger charge is 2.30. The number of hydrogen-bond acceptors (Lipinski definition) is 2. The first-order valence-corrected chi connectivity index (χ1v) is 8.31. The molecule has 2 aromatic rings. The number of carbonyl (C=O) groups excluding carboxylic acids is 1. The van der Waals surface area contributed by atoms with Gasteiger partial charge < -0.3 is 10.0 Å². The molecule has 120 valence electrons. The molecule has 0 aliphatic carbocycles. The lowest BCUT2D eigenvalue weighted by Crippen LogP contribution is -2.41.